The highest BCUT2D eigenvalue weighted by Gasteiger charge is 2.29. The van der Waals surface area contributed by atoms with Crippen LogP contribution in [0.4, 0.5) is 0 Å². The lowest BCUT2D eigenvalue weighted by Gasteiger charge is -2.16. The SMILES string of the molecule is CN(C(=O)c1ccc(/C=C/C(=O)O)cc1)C1CC1. The molecule has 2 rings (SSSR count). The third-order valence-electron chi connectivity index (χ3n) is 2.99. The molecule has 0 radical (unpaired) electrons. The van der Waals surface area contributed by atoms with Crippen molar-refractivity contribution in [3.63, 3.8) is 0 Å². The second-order valence-corrected chi connectivity index (χ2v) is 4.44. The molecule has 0 unspecified atom stereocenters. The van der Waals surface area contributed by atoms with Crippen LogP contribution in [-0.4, -0.2) is 35.0 Å². The number of benzene rings is 1. The highest BCUT2D eigenvalue weighted by molar-refractivity contribution is 5.94. The number of amides is 1. The van der Waals surface area contributed by atoms with Crippen molar-refractivity contribution in [3.8, 4) is 0 Å². The smallest absolute Gasteiger partial charge is 0.328 e. The van der Waals surface area contributed by atoms with Crippen molar-refractivity contribution in [2.75, 3.05) is 7.05 Å². The Morgan fingerprint density at radius 1 is 1.28 bits per heavy atom. The average molecular weight is 245 g/mol. The summed E-state index contributed by atoms with van der Waals surface area (Å²) >= 11 is 0. The predicted molar refractivity (Wildman–Crippen MR) is 68.2 cm³/mol. The lowest BCUT2D eigenvalue weighted by Crippen LogP contribution is -2.28. The molecule has 0 aliphatic heterocycles. The van der Waals surface area contributed by atoms with Gasteiger partial charge in [0.2, 0.25) is 0 Å². The molecule has 0 aromatic heterocycles. The molecule has 1 aliphatic rings. The minimum atomic E-state index is -0.983. The van der Waals surface area contributed by atoms with Gasteiger partial charge in [-0.25, -0.2) is 4.79 Å². The number of hydrogen-bond acceptors (Lipinski definition) is 2. The monoisotopic (exact) mass is 245 g/mol. The summed E-state index contributed by atoms with van der Waals surface area (Å²) in [5.41, 5.74) is 1.40. The van der Waals surface area contributed by atoms with Gasteiger partial charge in [-0.2, -0.15) is 0 Å². The first kappa shape index (κ1) is 12.4. The fourth-order valence-corrected chi connectivity index (χ4v) is 1.74. The summed E-state index contributed by atoms with van der Waals surface area (Å²) in [6, 6.07) is 7.33. The van der Waals surface area contributed by atoms with Gasteiger partial charge in [0.05, 0.1) is 0 Å². The number of hydrogen-bond donors (Lipinski definition) is 1. The quantitative estimate of drug-likeness (QED) is 0.825. The van der Waals surface area contributed by atoms with Gasteiger partial charge in [-0.1, -0.05) is 12.1 Å². The highest BCUT2D eigenvalue weighted by atomic mass is 16.4. The lowest BCUT2D eigenvalue weighted by molar-refractivity contribution is -0.131. The van der Waals surface area contributed by atoms with Gasteiger partial charge in [0.15, 0.2) is 0 Å². The molecule has 0 atom stereocenters. The van der Waals surface area contributed by atoms with E-state index in [1.165, 1.54) is 6.08 Å². The van der Waals surface area contributed by atoms with Gasteiger partial charge < -0.3 is 10.0 Å². The molecule has 4 heteroatoms. The summed E-state index contributed by atoms with van der Waals surface area (Å²) in [6.07, 6.45) is 4.75. The zero-order chi connectivity index (χ0) is 13.1. The maximum absolute atomic E-state index is 12.0. The normalized spacial score (nSPS) is 14.7. The molecule has 0 spiro atoms. The van der Waals surface area contributed by atoms with Crippen LogP contribution in [0, 0.1) is 0 Å². The van der Waals surface area contributed by atoms with Gasteiger partial charge >= 0.3 is 5.97 Å². The maximum Gasteiger partial charge on any atom is 0.328 e. The van der Waals surface area contributed by atoms with Gasteiger partial charge in [-0.15, -0.1) is 0 Å². The minimum absolute atomic E-state index is 0.0197. The standard InChI is InChI=1S/C14H15NO3/c1-15(12-7-8-12)14(18)11-5-2-10(3-6-11)4-9-13(16)17/h2-6,9,12H,7-8H2,1H3,(H,16,17)/b9-4+. The Morgan fingerprint density at radius 3 is 2.39 bits per heavy atom. The Morgan fingerprint density at radius 2 is 1.89 bits per heavy atom. The molecule has 0 bridgehead atoms. The fourth-order valence-electron chi connectivity index (χ4n) is 1.74. The van der Waals surface area contributed by atoms with E-state index in [1.54, 1.807) is 29.2 Å². The van der Waals surface area contributed by atoms with E-state index in [1.807, 2.05) is 7.05 Å². The van der Waals surface area contributed by atoms with Crippen molar-refractivity contribution < 1.29 is 14.7 Å². The highest BCUT2D eigenvalue weighted by Crippen LogP contribution is 2.26. The molecule has 1 fully saturated rings. The van der Waals surface area contributed by atoms with E-state index >= 15 is 0 Å². The predicted octanol–water partition coefficient (Wildman–Crippen LogP) is 2.02. The Balaban J connectivity index is 2.07. The fraction of sp³-hybridized carbons (Fsp3) is 0.286. The van der Waals surface area contributed by atoms with Crippen LogP contribution in [0.5, 0.6) is 0 Å². The molecule has 18 heavy (non-hydrogen) atoms. The number of carbonyl (C=O) groups excluding carboxylic acids is 1. The number of rotatable bonds is 4. The first-order valence-electron chi connectivity index (χ1n) is 5.86. The van der Waals surface area contributed by atoms with Crippen molar-refractivity contribution in [2.24, 2.45) is 0 Å². The van der Waals surface area contributed by atoms with Crippen molar-refractivity contribution >= 4 is 18.0 Å². The van der Waals surface area contributed by atoms with Gasteiger partial charge in [-0.05, 0) is 36.6 Å². The molecule has 1 saturated carbocycles. The maximum atomic E-state index is 12.0. The summed E-state index contributed by atoms with van der Waals surface area (Å²) in [7, 11) is 1.82. The number of aliphatic carboxylic acids is 1. The molecular formula is C14H15NO3. The summed E-state index contributed by atoms with van der Waals surface area (Å²) in [6.45, 7) is 0. The van der Waals surface area contributed by atoms with Gasteiger partial charge in [0.25, 0.3) is 5.91 Å². The average Bonchev–Trinajstić information content (AvgIpc) is 3.19. The first-order valence-corrected chi connectivity index (χ1v) is 5.86. The Hall–Kier alpha value is -2.10. The summed E-state index contributed by atoms with van der Waals surface area (Å²) in [5.74, 6) is -0.963. The van der Waals surface area contributed by atoms with Crippen LogP contribution < -0.4 is 0 Å². The molecule has 1 aromatic rings. The van der Waals surface area contributed by atoms with Crippen LogP contribution in [0.25, 0.3) is 6.08 Å². The lowest BCUT2D eigenvalue weighted by atomic mass is 10.1. The minimum Gasteiger partial charge on any atom is -0.478 e. The second kappa shape index (κ2) is 5.04. The third kappa shape index (κ3) is 2.97. The van der Waals surface area contributed by atoms with Crippen LogP contribution in [-0.2, 0) is 4.79 Å². The van der Waals surface area contributed by atoms with E-state index in [2.05, 4.69) is 0 Å². The molecule has 0 saturated heterocycles. The van der Waals surface area contributed by atoms with Crippen LogP contribution in [0.3, 0.4) is 0 Å². The van der Waals surface area contributed by atoms with Crippen molar-refractivity contribution in [3.05, 3.63) is 41.5 Å². The van der Waals surface area contributed by atoms with Crippen LogP contribution in [0.15, 0.2) is 30.3 Å². The van der Waals surface area contributed by atoms with E-state index in [9.17, 15) is 9.59 Å². The molecule has 1 aromatic carbocycles. The van der Waals surface area contributed by atoms with Crippen LogP contribution in [0.2, 0.25) is 0 Å². The number of carboxylic acid groups (broad SMARTS) is 1. The topological polar surface area (TPSA) is 57.6 Å². The van der Waals surface area contributed by atoms with E-state index in [0.717, 1.165) is 24.5 Å². The summed E-state index contributed by atoms with van der Waals surface area (Å²) < 4.78 is 0. The van der Waals surface area contributed by atoms with E-state index < -0.39 is 5.97 Å². The molecule has 1 amide bonds. The molecule has 1 aliphatic carbocycles. The zero-order valence-electron chi connectivity index (χ0n) is 10.2. The molecule has 4 nitrogen and oxygen atoms in total. The van der Waals surface area contributed by atoms with E-state index in [-0.39, 0.29) is 5.91 Å². The summed E-state index contributed by atoms with van der Waals surface area (Å²) in [5, 5.41) is 8.51. The van der Waals surface area contributed by atoms with Crippen molar-refractivity contribution in [2.45, 2.75) is 18.9 Å². The van der Waals surface area contributed by atoms with E-state index in [4.69, 9.17) is 5.11 Å². The van der Waals surface area contributed by atoms with Crippen LogP contribution in [0.1, 0.15) is 28.8 Å². The number of carbonyl (C=O) groups is 2. The Labute approximate surface area is 106 Å². The third-order valence-corrected chi connectivity index (χ3v) is 2.99. The first-order chi connectivity index (χ1) is 8.58. The largest absolute Gasteiger partial charge is 0.478 e. The number of nitrogens with zero attached hydrogens (tertiary/aromatic N) is 1. The Kier molecular flexibility index (Phi) is 3.46. The van der Waals surface area contributed by atoms with Crippen LogP contribution >= 0.6 is 0 Å². The molecule has 94 valence electrons. The molecule has 0 heterocycles. The van der Waals surface area contributed by atoms with Gasteiger partial charge in [0.1, 0.15) is 0 Å². The van der Waals surface area contributed by atoms with Crippen molar-refractivity contribution in [1.29, 1.82) is 0 Å². The number of carboxylic acids is 1. The van der Waals surface area contributed by atoms with E-state index in [0.29, 0.717) is 11.6 Å². The van der Waals surface area contributed by atoms with Crippen molar-refractivity contribution in [1.82, 2.24) is 4.90 Å². The molecular weight excluding hydrogens is 230 g/mol. The summed E-state index contributed by atoms with van der Waals surface area (Å²) in [4.78, 5) is 24.2. The van der Waals surface area contributed by atoms with Gasteiger partial charge in [-0.3, -0.25) is 4.79 Å². The molecule has 1 N–H and O–H groups in total. The van der Waals surface area contributed by atoms with Gasteiger partial charge in [0, 0.05) is 24.7 Å². The zero-order valence-corrected chi connectivity index (χ0v) is 10.2. The Bertz CT molecular complexity index is 486. The second-order valence-electron chi connectivity index (χ2n) is 4.44.